The van der Waals surface area contributed by atoms with E-state index in [0.29, 0.717) is 0 Å². The molecule has 0 saturated carbocycles. The summed E-state index contributed by atoms with van der Waals surface area (Å²) in [6, 6.07) is 0. The van der Waals surface area contributed by atoms with Crippen LogP contribution >= 0.6 is 0 Å². The van der Waals surface area contributed by atoms with Crippen LogP contribution in [-0.2, 0) is 9.59 Å². The standard InChI is InChI=1S/C6H10F3N3O2/c7-6(8,9)2-1-3-11-4(13)5(14)12-10/h1-3,10H2,(H,11,13)(H,12,14). The summed E-state index contributed by atoms with van der Waals surface area (Å²) in [4.78, 5) is 21.0. The molecule has 8 heteroatoms. The van der Waals surface area contributed by atoms with Gasteiger partial charge in [0.25, 0.3) is 0 Å². The maximum Gasteiger partial charge on any atom is 0.389 e. The Morgan fingerprint density at radius 2 is 1.79 bits per heavy atom. The molecule has 5 nitrogen and oxygen atoms in total. The van der Waals surface area contributed by atoms with E-state index in [1.165, 1.54) is 0 Å². The lowest BCUT2D eigenvalue weighted by molar-refractivity contribution is -0.140. The Balaban J connectivity index is 3.56. The number of hydrogen-bond donors (Lipinski definition) is 3. The van der Waals surface area contributed by atoms with Crippen molar-refractivity contribution in [2.45, 2.75) is 19.0 Å². The average Bonchev–Trinajstić information content (AvgIpc) is 2.09. The van der Waals surface area contributed by atoms with Gasteiger partial charge >= 0.3 is 18.0 Å². The molecule has 0 radical (unpaired) electrons. The van der Waals surface area contributed by atoms with Crippen LogP contribution in [0.5, 0.6) is 0 Å². The van der Waals surface area contributed by atoms with Crippen LogP contribution in [0.3, 0.4) is 0 Å². The van der Waals surface area contributed by atoms with Crippen LogP contribution in [0.2, 0.25) is 0 Å². The van der Waals surface area contributed by atoms with Gasteiger partial charge in [-0.05, 0) is 6.42 Å². The van der Waals surface area contributed by atoms with Crippen molar-refractivity contribution in [2.75, 3.05) is 6.54 Å². The van der Waals surface area contributed by atoms with Gasteiger partial charge in [0.05, 0.1) is 0 Å². The van der Waals surface area contributed by atoms with Crippen LogP contribution in [-0.4, -0.2) is 24.5 Å². The first-order valence-electron chi connectivity index (χ1n) is 3.72. The molecule has 2 amide bonds. The summed E-state index contributed by atoms with van der Waals surface area (Å²) in [6.45, 7) is -0.217. The van der Waals surface area contributed by atoms with Gasteiger partial charge in [0.2, 0.25) is 0 Å². The van der Waals surface area contributed by atoms with E-state index >= 15 is 0 Å². The third-order valence-corrected chi connectivity index (χ3v) is 1.26. The number of hydrogen-bond acceptors (Lipinski definition) is 3. The highest BCUT2D eigenvalue weighted by Gasteiger charge is 2.26. The molecular weight excluding hydrogens is 203 g/mol. The lowest BCUT2D eigenvalue weighted by atomic mass is 10.3. The maximum atomic E-state index is 11.6. The lowest BCUT2D eigenvalue weighted by Gasteiger charge is -2.06. The Hall–Kier alpha value is -1.31. The zero-order valence-corrected chi connectivity index (χ0v) is 7.15. The van der Waals surface area contributed by atoms with E-state index in [2.05, 4.69) is 5.84 Å². The number of rotatable bonds is 3. The number of halogens is 3. The SMILES string of the molecule is NNC(=O)C(=O)NCCCC(F)(F)F. The predicted octanol–water partition coefficient (Wildman–Crippen LogP) is -0.565. The number of nitrogens with one attached hydrogen (secondary N) is 2. The Labute approximate surface area is 77.8 Å². The molecule has 0 aliphatic rings. The van der Waals surface area contributed by atoms with E-state index in [4.69, 9.17) is 0 Å². The maximum absolute atomic E-state index is 11.6. The molecule has 0 rings (SSSR count). The van der Waals surface area contributed by atoms with E-state index in [1.54, 1.807) is 5.43 Å². The first-order chi connectivity index (χ1) is 6.37. The summed E-state index contributed by atoms with van der Waals surface area (Å²) in [5, 5.41) is 1.97. The average molecular weight is 213 g/mol. The largest absolute Gasteiger partial charge is 0.389 e. The van der Waals surface area contributed by atoms with Crippen molar-refractivity contribution in [2.24, 2.45) is 5.84 Å². The fourth-order valence-corrected chi connectivity index (χ4v) is 0.637. The second kappa shape index (κ2) is 5.43. The van der Waals surface area contributed by atoms with Crippen molar-refractivity contribution >= 4 is 11.8 Å². The van der Waals surface area contributed by atoms with Gasteiger partial charge in [-0.15, -0.1) is 0 Å². The van der Waals surface area contributed by atoms with E-state index in [9.17, 15) is 22.8 Å². The van der Waals surface area contributed by atoms with Gasteiger partial charge in [0, 0.05) is 13.0 Å². The molecule has 0 aliphatic carbocycles. The molecule has 82 valence electrons. The number of nitrogens with two attached hydrogens (primary N) is 1. The van der Waals surface area contributed by atoms with Crippen molar-refractivity contribution in [3.05, 3.63) is 0 Å². The minimum absolute atomic E-state index is 0.217. The molecule has 0 unspecified atom stereocenters. The molecule has 0 fully saturated rings. The highest BCUT2D eigenvalue weighted by atomic mass is 19.4. The molecule has 0 saturated heterocycles. The van der Waals surface area contributed by atoms with Crippen LogP contribution in [0.25, 0.3) is 0 Å². The smallest absolute Gasteiger partial charge is 0.348 e. The Morgan fingerprint density at radius 1 is 1.21 bits per heavy atom. The molecule has 0 aromatic heterocycles. The summed E-state index contributed by atoms with van der Waals surface area (Å²) < 4.78 is 34.8. The van der Waals surface area contributed by atoms with Crippen LogP contribution < -0.4 is 16.6 Å². The molecule has 0 spiro atoms. The topological polar surface area (TPSA) is 84.2 Å². The fourth-order valence-electron chi connectivity index (χ4n) is 0.637. The van der Waals surface area contributed by atoms with Crippen LogP contribution in [0.1, 0.15) is 12.8 Å². The van der Waals surface area contributed by atoms with Gasteiger partial charge in [-0.2, -0.15) is 13.2 Å². The third kappa shape index (κ3) is 6.23. The molecule has 4 N–H and O–H groups in total. The number of carbonyl (C=O) groups excluding carboxylic acids is 2. The molecular formula is C6H10F3N3O2. The summed E-state index contributed by atoms with van der Waals surface area (Å²) in [5.74, 6) is 2.47. The predicted molar refractivity (Wildman–Crippen MR) is 40.6 cm³/mol. The zero-order valence-electron chi connectivity index (χ0n) is 7.15. The Morgan fingerprint density at radius 3 is 2.21 bits per heavy atom. The van der Waals surface area contributed by atoms with Gasteiger partial charge in [-0.25, -0.2) is 5.84 Å². The number of amides is 2. The molecule has 0 heterocycles. The molecule has 0 aromatic carbocycles. The first kappa shape index (κ1) is 12.7. The van der Waals surface area contributed by atoms with Gasteiger partial charge in [-0.1, -0.05) is 0 Å². The van der Waals surface area contributed by atoms with Crippen LogP contribution in [0.15, 0.2) is 0 Å². The number of carbonyl (C=O) groups is 2. The molecule has 14 heavy (non-hydrogen) atoms. The summed E-state index contributed by atoms with van der Waals surface area (Å²) >= 11 is 0. The second-order valence-corrected chi connectivity index (χ2v) is 2.45. The Bertz CT molecular complexity index is 217. The fraction of sp³-hybridized carbons (Fsp3) is 0.667. The van der Waals surface area contributed by atoms with Crippen molar-refractivity contribution in [1.29, 1.82) is 0 Å². The van der Waals surface area contributed by atoms with Crippen molar-refractivity contribution in [3.63, 3.8) is 0 Å². The van der Waals surface area contributed by atoms with E-state index in [-0.39, 0.29) is 13.0 Å². The highest BCUT2D eigenvalue weighted by Crippen LogP contribution is 2.20. The zero-order chi connectivity index (χ0) is 11.2. The second-order valence-electron chi connectivity index (χ2n) is 2.45. The van der Waals surface area contributed by atoms with E-state index in [0.717, 1.165) is 0 Å². The summed E-state index contributed by atoms with van der Waals surface area (Å²) in [7, 11) is 0. The van der Waals surface area contributed by atoms with Crippen molar-refractivity contribution in [1.82, 2.24) is 10.7 Å². The normalized spacial score (nSPS) is 10.9. The van der Waals surface area contributed by atoms with Crippen molar-refractivity contribution in [3.8, 4) is 0 Å². The van der Waals surface area contributed by atoms with Gasteiger partial charge in [0.1, 0.15) is 0 Å². The minimum Gasteiger partial charge on any atom is -0.348 e. The minimum atomic E-state index is -4.25. The molecule has 0 aromatic rings. The monoisotopic (exact) mass is 213 g/mol. The van der Waals surface area contributed by atoms with E-state index < -0.39 is 24.4 Å². The molecule has 0 atom stereocenters. The molecule has 0 aliphatic heterocycles. The quantitative estimate of drug-likeness (QED) is 0.193. The van der Waals surface area contributed by atoms with Gasteiger partial charge in [-0.3, -0.25) is 15.0 Å². The van der Waals surface area contributed by atoms with Crippen LogP contribution in [0, 0.1) is 0 Å². The number of hydrazine groups is 1. The third-order valence-electron chi connectivity index (χ3n) is 1.26. The van der Waals surface area contributed by atoms with E-state index in [1.807, 2.05) is 5.32 Å². The lowest BCUT2D eigenvalue weighted by Crippen LogP contribution is -2.43. The first-order valence-corrected chi connectivity index (χ1v) is 3.72. The van der Waals surface area contributed by atoms with Gasteiger partial charge < -0.3 is 5.32 Å². The van der Waals surface area contributed by atoms with Gasteiger partial charge in [0.15, 0.2) is 0 Å². The van der Waals surface area contributed by atoms with Crippen LogP contribution in [0.4, 0.5) is 13.2 Å². The summed E-state index contributed by atoms with van der Waals surface area (Å²) in [5.41, 5.74) is 1.55. The highest BCUT2D eigenvalue weighted by molar-refractivity contribution is 6.34. The Kier molecular flexibility index (Phi) is 4.92. The summed E-state index contributed by atoms with van der Waals surface area (Å²) in [6.07, 6.45) is -5.52. The number of alkyl halides is 3. The van der Waals surface area contributed by atoms with Crippen molar-refractivity contribution < 1.29 is 22.8 Å². The molecule has 0 bridgehead atoms.